The van der Waals surface area contributed by atoms with Gasteiger partial charge in [0.1, 0.15) is 5.78 Å². The second kappa shape index (κ2) is 4.38. The Kier molecular flexibility index (Phi) is 3.42. The van der Waals surface area contributed by atoms with Crippen LogP contribution >= 0.6 is 0 Å². The molecule has 0 amide bonds. The molecule has 1 atom stereocenters. The summed E-state index contributed by atoms with van der Waals surface area (Å²) in [5.74, 6) is 0.0122. The maximum atomic E-state index is 11.0. The molecule has 1 N–H and O–H groups in total. The Hall–Kier alpha value is -1.15. The summed E-state index contributed by atoms with van der Waals surface area (Å²) in [7, 11) is 0. The molecule has 0 radical (unpaired) electrons. The Morgan fingerprint density at radius 3 is 2.36 bits per heavy atom. The maximum Gasteiger partial charge on any atom is 0.133 e. The van der Waals surface area contributed by atoms with Crippen molar-refractivity contribution < 1.29 is 9.90 Å². The first-order valence-corrected chi connectivity index (χ1v) is 4.86. The minimum atomic E-state index is -0.993. The second-order valence-corrected chi connectivity index (χ2v) is 3.63. The van der Waals surface area contributed by atoms with Crippen molar-refractivity contribution in [3.63, 3.8) is 0 Å². The van der Waals surface area contributed by atoms with Gasteiger partial charge in [0.25, 0.3) is 0 Å². The van der Waals surface area contributed by atoms with Crippen LogP contribution in [0.15, 0.2) is 30.3 Å². The van der Waals surface area contributed by atoms with Crippen LogP contribution in [-0.4, -0.2) is 10.9 Å². The SMILES string of the molecule is CC[C@](O)(CC(C)=O)c1ccccc1. The molecular formula is C12H16O2. The van der Waals surface area contributed by atoms with Crippen LogP contribution in [0.1, 0.15) is 32.3 Å². The summed E-state index contributed by atoms with van der Waals surface area (Å²) in [6.45, 7) is 3.39. The average Bonchev–Trinajstić information content (AvgIpc) is 2.18. The predicted molar refractivity (Wildman–Crippen MR) is 55.9 cm³/mol. The van der Waals surface area contributed by atoms with E-state index in [1.807, 2.05) is 37.3 Å². The second-order valence-electron chi connectivity index (χ2n) is 3.63. The zero-order valence-corrected chi connectivity index (χ0v) is 8.66. The van der Waals surface area contributed by atoms with E-state index in [4.69, 9.17) is 0 Å². The molecule has 0 unspecified atom stereocenters. The molecule has 0 aliphatic heterocycles. The molecule has 1 aromatic rings. The normalized spacial score (nSPS) is 14.8. The van der Waals surface area contributed by atoms with E-state index in [-0.39, 0.29) is 12.2 Å². The molecule has 2 nitrogen and oxygen atoms in total. The Bertz CT molecular complexity index is 305. The van der Waals surface area contributed by atoms with Crippen molar-refractivity contribution in [2.75, 3.05) is 0 Å². The number of aliphatic hydroxyl groups is 1. The van der Waals surface area contributed by atoms with Gasteiger partial charge in [-0.05, 0) is 18.9 Å². The van der Waals surface area contributed by atoms with Crippen molar-refractivity contribution in [3.05, 3.63) is 35.9 Å². The van der Waals surface area contributed by atoms with Crippen LogP contribution in [0, 0.1) is 0 Å². The van der Waals surface area contributed by atoms with Crippen molar-refractivity contribution in [1.29, 1.82) is 0 Å². The van der Waals surface area contributed by atoms with E-state index in [0.29, 0.717) is 6.42 Å². The summed E-state index contributed by atoms with van der Waals surface area (Å²) in [5, 5.41) is 10.2. The Morgan fingerprint density at radius 2 is 1.93 bits per heavy atom. The lowest BCUT2D eigenvalue weighted by Crippen LogP contribution is -2.27. The summed E-state index contributed by atoms with van der Waals surface area (Å²) in [6, 6.07) is 9.35. The summed E-state index contributed by atoms with van der Waals surface area (Å²) in [4.78, 5) is 11.0. The number of rotatable bonds is 4. The van der Waals surface area contributed by atoms with Crippen LogP contribution in [0.25, 0.3) is 0 Å². The Balaban J connectivity index is 2.95. The standard InChI is InChI=1S/C12H16O2/c1-3-12(14,9-10(2)13)11-7-5-4-6-8-11/h4-8,14H,3,9H2,1-2H3/t12-/m0/s1. The van der Waals surface area contributed by atoms with Gasteiger partial charge >= 0.3 is 0 Å². The highest BCUT2D eigenvalue weighted by Gasteiger charge is 2.28. The van der Waals surface area contributed by atoms with Crippen molar-refractivity contribution >= 4 is 5.78 Å². The van der Waals surface area contributed by atoms with Crippen LogP contribution in [-0.2, 0) is 10.4 Å². The molecule has 2 heteroatoms. The molecule has 0 aliphatic carbocycles. The van der Waals surface area contributed by atoms with Gasteiger partial charge in [-0.1, -0.05) is 37.3 Å². The van der Waals surface area contributed by atoms with E-state index >= 15 is 0 Å². The van der Waals surface area contributed by atoms with Gasteiger partial charge in [0, 0.05) is 6.42 Å². The minimum absolute atomic E-state index is 0.0122. The van der Waals surface area contributed by atoms with Gasteiger partial charge in [0.05, 0.1) is 5.60 Å². The number of benzene rings is 1. The molecule has 0 fully saturated rings. The lowest BCUT2D eigenvalue weighted by molar-refractivity contribution is -0.122. The molecule has 0 saturated carbocycles. The van der Waals surface area contributed by atoms with E-state index in [9.17, 15) is 9.90 Å². The fraction of sp³-hybridized carbons (Fsp3) is 0.417. The fourth-order valence-electron chi connectivity index (χ4n) is 1.59. The highest BCUT2D eigenvalue weighted by Crippen LogP contribution is 2.28. The van der Waals surface area contributed by atoms with Crippen molar-refractivity contribution in [2.24, 2.45) is 0 Å². The number of carbonyl (C=O) groups is 1. The van der Waals surface area contributed by atoms with Crippen molar-refractivity contribution in [1.82, 2.24) is 0 Å². The smallest absolute Gasteiger partial charge is 0.133 e. The Labute approximate surface area is 84.6 Å². The first-order valence-electron chi connectivity index (χ1n) is 4.86. The third kappa shape index (κ3) is 2.42. The molecule has 0 bridgehead atoms. The van der Waals surface area contributed by atoms with Crippen LogP contribution in [0.4, 0.5) is 0 Å². The lowest BCUT2D eigenvalue weighted by atomic mass is 9.87. The highest BCUT2D eigenvalue weighted by molar-refractivity contribution is 5.76. The molecule has 0 aromatic heterocycles. The first kappa shape index (κ1) is 10.9. The summed E-state index contributed by atoms with van der Waals surface area (Å²) >= 11 is 0. The summed E-state index contributed by atoms with van der Waals surface area (Å²) in [6.07, 6.45) is 0.740. The molecule has 1 rings (SSSR count). The third-order valence-corrected chi connectivity index (χ3v) is 2.44. The van der Waals surface area contributed by atoms with Gasteiger partial charge in [-0.15, -0.1) is 0 Å². The van der Waals surface area contributed by atoms with E-state index in [1.165, 1.54) is 6.92 Å². The molecule has 76 valence electrons. The largest absolute Gasteiger partial charge is 0.385 e. The zero-order chi connectivity index (χ0) is 10.6. The topological polar surface area (TPSA) is 37.3 Å². The first-order chi connectivity index (χ1) is 6.58. The van der Waals surface area contributed by atoms with Crippen LogP contribution in [0.2, 0.25) is 0 Å². The third-order valence-electron chi connectivity index (χ3n) is 2.44. The lowest BCUT2D eigenvalue weighted by Gasteiger charge is -2.26. The quantitative estimate of drug-likeness (QED) is 0.794. The number of hydrogen-bond acceptors (Lipinski definition) is 2. The van der Waals surface area contributed by atoms with Gasteiger partial charge in [-0.3, -0.25) is 4.79 Å². The van der Waals surface area contributed by atoms with E-state index in [0.717, 1.165) is 5.56 Å². The van der Waals surface area contributed by atoms with E-state index in [2.05, 4.69) is 0 Å². The average molecular weight is 192 g/mol. The van der Waals surface area contributed by atoms with Crippen LogP contribution in [0.3, 0.4) is 0 Å². The molecular weight excluding hydrogens is 176 g/mol. The number of Topliss-reactive ketones (excluding diaryl/α,β-unsaturated/α-hetero) is 1. The van der Waals surface area contributed by atoms with Gasteiger partial charge in [-0.2, -0.15) is 0 Å². The zero-order valence-electron chi connectivity index (χ0n) is 8.66. The van der Waals surface area contributed by atoms with Gasteiger partial charge in [-0.25, -0.2) is 0 Å². The molecule has 0 spiro atoms. The van der Waals surface area contributed by atoms with Crippen molar-refractivity contribution in [2.45, 2.75) is 32.3 Å². The molecule has 1 aromatic carbocycles. The highest BCUT2D eigenvalue weighted by atomic mass is 16.3. The van der Waals surface area contributed by atoms with Crippen LogP contribution < -0.4 is 0 Å². The number of ketones is 1. The number of hydrogen-bond donors (Lipinski definition) is 1. The molecule has 0 heterocycles. The molecule has 14 heavy (non-hydrogen) atoms. The van der Waals surface area contributed by atoms with Crippen molar-refractivity contribution in [3.8, 4) is 0 Å². The van der Waals surface area contributed by atoms with Gasteiger partial charge in [0.2, 0.25) is 0 Å². The fourth-order valence-corrected chi connectivity index (χ4v) is 1.59. The minimum Gasteiger partial charge on any atom is -0.385 e. The summed E-state index contributed by atoms with van der Waals surface area (Å²) < 4.78 is 0. The molecule has 0 aliphatic rings. The van der Waals surface area contributed by atoms with Gasteiger partial charge in [0.15, 0.2) is 0 Å². The number of carbonyl (C=O) groups excluding carboxylic acids is 1. The van der Waals surface area contributed by atoms with E-state index < -0.39 is 5.60 Å². The monoisotopic (exact) mass is 192 g/mol. The summed E-state index contributed by atoms with van der Waals surface area (Å²) in [5.41, 5.74) is -0.176. The molecule has 0 saturated heterocycles. The van der Waals surface area contributed by atoms with Crippen LogP contribution in [0.5, 0.6) is 0 Å². The maximum absolute atomic E-state index is 11.0. The van der Waals surface area contributed by atoms with Gasteiger partial charge < -0.3 is 5.11 Å². The predicted octanol–water partition coefficient (Wildman–Crippen LogP) is 2.26. The Morgan fingerprint density at radius 1 is 1.36 bits per heavy atom. The van der Waals surface area contributed by atoms with E-state index in [1.54, 1.807) is 0 Å².